The summed E-state index contributed by atoms with van der Waals surface area (Å²) in [7, 11) is 0. The third kappa shape index (κ3) is 4.34. The lowest BCUT2D eigenvalue weighted by atomic mass is 10.1. The van der Waals surface area contributed by atoms with E-state index in [1.807, 2.05) is 0 Å². The monoisotopic (exact) mass is 446 g/mol. The molecule has 2 N–H and O–H groups in total. The van der Waals surface area contributed by atoms with Crippen LogP contribution in [0.5, 0.6) is 0 Å². The van der Waals surface area contributed by atoms with Gasteiger partial charge in [-0.3, -0.25) is 35.3 Å². The summed E-state index contributed by atoms with van der Waals surface area (Å²) < 4.78 is 0.881. The van der Waals surface area contributed by atoms with E-state index in [4.69, 9.17) is 0 Å². The van der Waals surface area contributed by atoms with E-state index in [1.54, 1.807) is 24.3 Å². The summed E-state index contributed by atoms with van der Waals surface area (Å²) in [6, 6.07) is 12.1. The predicted octanol–water partition coefficient (Wildman–Crippen LogP) is 2.17. The third-order valence-corrected chi connectivity index (χ3v) is 4.80. The highest BCUT2D eigenvalue weighted by molar-refractivity contribution is 9.10. The molecule has 28 heavy (non-hydrogen) atoms. The molecule has 1 heterocycles. The minimum Gasteiger partial charge on any atom is -0.312 e. The van der Waals surface area contributed by atoms with Crippen molar-refractivity contribution in [1.29, 1.82) is 0 Å². The van der Waals surface area contributed by atoms with Crippen molar-refractivity contribution in [2.24, 2.45) is 5.92 Å². The number of carbonyl (C=O) groups excluding carboxylic acids is 3. The minimum absolute atomic E-state index is 0.0370. The number of hydrogen-bond acceptors (Lipinski definition) is 5. The lowest BCUT2D eigenvalue weighted by Crippen LogP contribution is -2.45. The van der Waals surface area contributed by atoms with E-state index in [-0.39, 0.29) is 30.1 Å². The number of benzene rings is 2. The molecular weight excluding hydrogens is 432 g/mol. The maximum atomic E-state index is 12.3. The Balaban J connectivity index is 1.56. The molecule has 0 saturated carbocycles. The number of hydrazine groups is 1. The molecule has 3 rings (SSSR count). The molecule has 0 aliphatic carbocycles. The van der Waals surface area contributed by atoms with Crippen LogP contribution in [0.3, 0.4) is 0 Å². The Labute approximate surface area is 168 Å². The summed E-state index contributed by atoms with van der Waals surface area (Å²) in [4.78, 5) is 48.1. The number of halogens is 1. The van der Waals surface area contributed by atoms with Crippen LogP contribution in [0.4, 0.5) is 11.4 Å². The van der Waals surface area contributed by atoms with Gasteiger partial charge in [-0.1, -0.05) is 15.9 Å². The zero-order chi connectivity index (χ0) is 20.3. The van der Waals surface area contributed by atoms with Crippen molar-refractivity contribution in [2.75, 3.05) is 11.4 Å². The molecule has 2 aromatic rings. The zero-order valence-electron chi connectivity index (χ0n) is 14.4. The van der Waals surface area contributed by atoms with Crippen molar-refractivity contribution in [3.63, 3.8) is 0 Å². The maximum Gasteiger partial charge on any atom is 0.269 e. The molecule has 144 valence electrons. The summed E-state index contributed by atoms with van der Waals surface area (Å²) >= 11 is 3.33. The summed E-state index contributed by atoms with van der Waals surface area (Å²) in [5, 5.41) is 10.6. The van der Waals surface area contributed by atoms with Crippen LogP contribution in [0.15, 0.2) is 53.0 Å². The smallest absolute Gasteiger partial charge is 0.269 e. The molecule has 1 aliphatic heterocycles. The lowest BCUT2D eigenvalue weighted by molar-refractivity contribution is -0.384. The van der Waals surface area contributed by atoms with Gasteiger partial charge in [-0.2, -0.15) is 0 Å². The highest BCUT2D eigenvalue weighted by Crippen LogP contribution is 2.26. The van der Waals surface area contributed by atoms with E-state index < -0.39 is 22.7 Å². The number of rotatable bonds is 4. The average Bonchev–Trinajstić information content (AvgIpc) is 3.08. The molecule has 0 radical (unpaired) electrons. The highest BCUT2D eigenvalue weighted by Gasteiger charge is 2.35. The fraction of sp³-hybridized carbons (Fsp3) is 0.167. The molecule has 3 amide bonds. The van der Waals surface area contributed by atoms with Crippen LogP contribution < -0.4 is 15.8 Å². The number of non-ortho nitro benzene ring substituents is 1. The van der Waals surface area contributed by atoms with Gasteiger partial charge in [-0.25, -0.2) is 0 Å². The first-order valence-electron chi connectivity index (χ1n) is 8.26. The second-order valence-corrected chi connectivity index (χ2v) is 7.04. The molecule has 1 aliphatic rings. The van der Waals surface area contributed by atoms with Gasteiger partial charge in [0.1, 0.15) is 0 Å². The number of nitro groups is 1. The lowest BCUT2D eigenvalue weighted by Gasteiger charge is -2.17. The van der Waals surface area contributed by atoms with Crippen molar-refractivity contribution in [1.82, 2.24) is 10.9 Å². The van der Waals surface area contributed by atoms with Gasteiger partial charge in [-0.15, -0.1) is 0 Å². The number of hydrogen-bond donors (Lipinski definition) is 2. The van der Waals surface area contributed by atoms with Crippen LogP contribution >= 0.6 is 15.9 Å². The SMILES string of the molecule is O=C(NNC(=O)[C@H]1CC(=O)N(c2ccc(Br)cc2)C1)c1ccc([N+](=O)[O-])cc1. The minimum atomic E-state index is -0.614. The highest BCUT2D eigenvalue weighted by atomic mass is 79.9. The van der Waals surface area contributed by atoms with Crippen molar-refractivity contribution in [3.05, 3.63) is 68.7 Å². The average molecular weight is 447 g/mol. The molecule has 2 aromatic carbocycles. The van der Waals surface area contributed by atoms with Gasteiger partial charge in [0.2, 0.25) is 11.8 Å². The molecule has 0 spiro atoms. The van der Waals surface area contributed by atoms with Crippen molar-refractivity contribution in [2.45, 2.75) is 6.42 Å². The molecule has 1 saturated heterocycles. The van der Waals surface area contributed by atoms with Gasteiger partial charge >= 0.3 is 0 Å². The normalized spacial score (nSPS) is 16.0. The van der Waals surface area contributed by atoms with Crippen molar-refractivity contribution >= 4 is 45.0 Å². The Morgan fingerprint density at radius 1 is 1.07 bits per heavy atom. The molecule has 0 aromatic heterocycles. The fourth-order valence-electron chi connectivity index (χ4n) is 2.78. The molecule has 0 unspecified atom stereocenters. The van der Waals surface area contributed by atoms with E-state index in [0.717, 1.165) is 4.47 Å². The Morgan fingerprint density at radius 3 is 2.32 bits per heavy atom. The first kappa shape index (κ1) is 19.5. The van der Waals surface area contributed by atoms with Crippen molar-refractivity contribution < 1.29 is 19.3 Å². The Kier molecular flexibility index (Phi) is 5.69. The van der Waals surface area contributed by atoms with E-state index in [9.17, 15) is 24.5 Å². The Bertz CT molecular complexity index is 930. The molecule has 1 fully saturated rings. The first-order valence-corrected chi connectivity index (χ1v) is 9.05. The van der Waals surface area contributed by atoms with Gasteiger partial charge in [0.25, 0.3) is 11.6 Å². The van der Waals surface area contributed by atoms with Gasteiger partial charge in [0, 0.05) is 40.8 Å². The number of nitro benzene ring substituents is 1. The first-order chi connectivity index (χ1) is 13.3. The third-order valence-electron chi connectivity index (χ3n) is 4.27. The van der Waals surface area contributed by atoms with Crippen LogP contribution in [-0.4, -0.2) is 29.2 Å². The van der Waals surface area contributed by atoms with Gasteiger partial charge in [0.05, 0.1) is 10.8 Å². The van der Waals surface area contributed by atoms with Crippen LogP contribution in [0, 0.1) is 16.0 Å². The number of anilines is 1. The molecule has 0 bridgehead atoms. The quantitative estimate of drug-likeness (QED) is 0.550. The van der Waals surface area contributed by atoms with E-state index >= 15 is 0 Å². The van der Waals surface area contributed by atoms with Gasteiger partial charge < -0.3 is 4.90 Å². The second kappa shape index (κ2) is 8.17. The molecule has 9 nitrogen and oxygen atoms in total. The zero-order valence-corrected chi connectivity index (χ0v) is 16.0. The van der Waals surface area contributed by atoms with Gasteiger partial charge in [0.15, 0.2) is 0 Å². The topological polar surface area (TPSA) is 122 Å². The van der Waals surface area contributed by atoms with E-state index in [1.165, 1.54) is 29.2 Å². The largest absolute Gasteiger partial charge is 0.312 e. The number of nitrogens with one attached hydrogen (secondary N) is 2. The Morgan fingerprint density at radius 2 is 1.71 bits per heavy atom. The van der Waals surface area contributed by atoms with Crippen LogP contribution in [0.1, 0.15) is 16.8 Å². The Hall–Kier alpha value is -3.27. The summed E-state index contributed by atoms with van der Waals surface area (Å²) in [5.41, 5.74) is 5.27. The van der Waals surface area contributed by atoms with Crippen LogP contribution in [0.2, 0.25) is 0 Å². The summed E-state index contributed by atoms with van der Waals surface area (Å²) in [6.07, 6.45) is 0.0370. The summed E-state index contributed by atoms with van der Waals surface area (Å²) in [6.45, 7) is 0.208. The van der Waals surface area contributed by atoms with Crippen LogP contribution in [0.25, 0.3) is 0 Å². The number of amides is 3. The fourth-order valence-corrected chi connectivity index (χ4v) is 3.05. The predicted molar refractivity (Wildman–Crippen MR) is 103 cm³/mol. The summed E-state index contributed by atoms with van der Waals surface area (Å²) in [5.74, 6) is -1.88. The van der Waals surface area contributed by atoms with E-state index in [0.29, 0.717) is 5.69 Å². The standard InChI is InChI=1S/C18H15BrN4O5/c19-13-3-7-14(8-4-13)22-10-12(9-16(22)24)18(26)21-20-17(25)11-1-5-15(6-2-11)23(27)28/h1-8,12H,9-10H2,(H,20,25)(H,21,26)/t12-/m0/s1. The second-order valence-electron chi connectivity index (χ2n) is 6.13. The number of carbonyl (C=O) groups is 3. The van der Waals surface area contributed by atoms with Gasteiger partial charge in [-0.05, 0) is 36.4 Å². The molecular formula is C18H15BrN4O5. The van der Waals surface area contributed by atoms with Crippen LogP contribution in [-0.2, 0) is 9.59 Å². The molecule has 10 heteroatoms. The van der Waals surface area contributed by atoms with E-state index in [2.05, 4.69) is 26.8 Å². The molecule has 1 atom stereocenters. The van der Waals surface area contributed by atoms with Crippen molar-refractivity contribution in [3.8, 4) is 0 Å². The number of nitrogens with zero attached hydrogens (tertiary/aromatic N) is 2. The maximum absolute atomic E-state index is 12.3.